The van der Waals surface area contributed by atoms with Crippen LogP contribution >= 0.6 is 0 Å². The Morgan fingerprint density at radius 2 is 1.47 bits per heavy atom. The van der Waals surface area contributed by atoms with E-state index in [1.165, 1.54) is 19.1 Å². The lowest BCUT2D eigenvalue weighted by Gasteiger charge is -2.15. The van der Waals surface area contributed by atoms with Crippen molar-refractivity contribution in [2.75, 3.05) is 11.9 Å². The highest BCUT2D eigenvalue weighted by Gasteiger charge is 2.23. The van der Waals surface area contributed by atoms with Gasteiger partial charge in [0.1, 0.15) is 11.8 Å². The summed E-state index contributed by atoms with van der Waals surface area (Å²) in [5.41, 5.74) is 0.398. The molecule has 0 aliphatic carbocycles. The van der Waals surface area contributed by atoms with Gasteiger partial charge in [-0.1, -0.05) is 48.5 Å². The van der Waals surface area contributed by atoms with E-state index in [0.29, 0.717) is 17.2 Å². The highest BCUT2D eigenvalue weighted by Crippen LogP contribution is 2.29. The van der Waals surface area contributed by atoms with Crippen LogP contribution in [-0.2, 0) is 24.3 Å². The number of hydrogen-bond donors (Lipinski definition) is 2. The molecule has 166 valence electrons. The Morgan fingerprint density at radius 3 is 2.16 bits per heavy atom. The van der Waals surface area contributed by atoms with Crippen LogP contribution in [0.25, 0.3) is 0 Å². The maximum absolute atomic E-state index is 12.3. The van der Waals surface area contributed by atoms with E-state index in [4.69, 9.17) is 9.47 Å². The minimum absolute atomic E-state index is 0.0208. The summed E-state index contributed by atoms with van der Waals surface area (Å²) in [7, 11) is -3.89. The van der Waals surface area contributed by atoms with E-state index >= 15 is 0 Å². The van der Waals surface area contributed by atoms with Gasteiger partial charge in [0.2, 0.25) is 10.0 Å². The van der Waals surface area contributed by atoms with Gasteiger partial charge >= 0.3 is 5.97 Å². The maximum atomic E-state index is 12.3. The lowest BCUT2D eigenvalue weighted by molar-refractivity contribution is -0.148. The molecule has 2 N–H and O–H groups in total. The molecular formula is C23H22N2O6S. The van der Waals surface area contributed by atoms with Gasteiger partial charge in [-0.15, -0.1) is 0 Å². The molecule has 0 aromatic heterocycles. The van der Waals surface area contributed by atoms with Gasteiger partial charge in [0.05, 0.1) is 10.6 Å². The smallest absolute Gasteiger partial charge is 0.324 e. The molecule has 8 nitrogen and oxygen atoms in total. The molecule has 3 aromatic rings. The van der Waals surface area contributed by atoms with Gasteiger partial charge in [-0.25, -0.2) is 8.42 Å². The van der Waals surface area contributed by atoms with Gasteiger partial charge in [-0.05, 0) is 43.3 Å². The number of carbonyl (C=O) groups excluding carboxylic acids is 2. The van der Waals surface area contributed by atoms with E-state index in [9.17, 15) is 18.0 Å². The van der Waals surface area contributed by atoms with Gasteiger partial charge in [0.25, 0.3) is 5.91 Å². The molecule has 1 amide bonds. The highest BCUT2D eigenvalue weighted by atomic mass is 32.2. The van der Waals surface area contributed by atoms with Crippen molar-refractivity contribution in [1.82, 2.24) is 4.72 Å². The first-order valence-electron chi connectivity index (χ1n) is 9.71. The zero-order valence-electron chi connectivity index (χ0n) is 17.2. The second-order valence-corrected chi connectivity index (χ2v) is 8.44. The standard InChI is InChI=1S/C23H22N2O6S/c1-17(25-32(28,29)19-12-6-3-7-13-19)23(27)30-16-22(26)24-20-14-8-9-15-21(20)31-18-10-4-2-5-11-18/h2-15,17,25H,16H2,1H3,(H,24,26)/t17-/m0/s1. The van der Waals surface area contributed by atoms with Crippen molar-refractivity contribution in [3.8, 4) is 11.5 Å². The fraction of sp³-hybridized carbons (Fsp3) is 0.130. The van der Waals surface area contributed by atoms with Crippen LogP contribution in [0, 0.1) is 0 Å². The van der Waals surface area contributed by atoms with Gasteiger partial charge in [-0.2, -0.15) is 4.72 Å². The van der Waals surface area contributed by atoms with E-state index in [2.05, 4.69) is 10.0 Å². The number of sulfonamides is 1. The number of amides is 1. The van der Waals surface area contributed by atoms with Gasteiger partial charge in [-0.3, -0.25) is 9.59 Å². The van der Waals surface area contributed by atoms with Crippen LogP contribution in [0.1, 0.15) is 6.92 Å². The average molecular weight is 455 g/mol. The SMILES string of the molecule is C[C@H](NS(=O)(=O)c1ccccc1)C(=O)OCC(=O)Nc1ccccc1Oc1ccccc1. The first-order chi connectivity index (χ1) is 15.3. The van der Waals surface area contributed by atoms with Gasteiger partial charge < -0.3 is 14.8 Å². The van der Waals surface area contributed by atoms with Crippen LogP contribution in [0.4, 0.5) is 5.69 Å². The first kappa shape index (κ1) is 23.0. The number of carbonyl (C=O) groups is 2. The molecule has 0 saturated heterocycles. The van der Waals surface area contributed by atoms with Crippen molar-refractivity contribution >= 4 is 27.6 Å². The molecule has 0 unspecified atom stereocenters. The van der Waals surface area contributed by atoms with Crippen LogP contribution in [0.15, 0.2) is 89.8 Å². The molecular weight excluding hydrogens is 432 g/mol. The number of nitrogens with one attached hydrogen (secondary N) is 2. The summed E-state index contributed by atoms with van der Waals surface area (Å²) in [6, 6.07) is 22.3. The van der Waals surface area contributed by atoms with E-state index in [1.807, 2.05) is 18.2 Å². The maximum Gasteiger partial charge on any atom is 0.324 e. The minimum Gasteiger partial charge on any atom is -0.455 e. The van der Waals surface area contributed by atoms with Crippen LogP contribution in [0.2, 0.25) is 0 Å². The molecule has 0 aliphatic rings. The van der Waals surface area contributed by atoms with Crippen molar-refractivity contribution < 1.29 is 27.5 Å². The molecule has 1 atom stereocenters. The third-order valence-electron chi connectivity index (χ3n) is 4.22. The summed E-state index contributed by atoms with van der Waals surface area (Å²) >= 11 is 0. The fourth-order valence-corrected chi connectivity index (χ4v) is 3.88. The first-order valence-corrected chi connectivity index (χ1v) is 11.2. The van der Waals surface area contributed by atoms with Crippen LogP contribution < -0.4 is 14.8 Å². The molecule has 0 radical (unpaired) electrons. The zero-order chi connectivity index (χ0) is 23.0. The third-order valence-corrected chi connectivity index (χ3v) is 5.77. The van der Waals surface area contributed by atoms with Crippen molar-refractivity contribution in [3.05, 3.63) is 84.9 Å². The normalized spacial score (nSPS) is 11.9. The molecule has 32 heavy (non-hydrogen) atoms. The molecule has 0 aliphatic heterocycles. The van der Waals surface area contributed by atoms with E-state index in [-0.39, 0.29) is 4.90 Å². The number of rotatable bonds is 9. The third kappa shape index (κ3) is 6.40. The van der Waals surface area contributed by atoms with Gasteiger partial charge in [0, 0.05) is 0 Å². The summed E-state index contributed by atoms with van der Waals surface area (Å²) < 4.78 is 37.6. The Bertz CT molecular complexity index is 1170. The van der Waals surface area contributed by atoms with E-state index < -0.39 is 34.5 Å². The summed E-state index contributed by atoms with van der Waals surface area (Å²) in [5.74, 6) is -0.462. The van der Waals surface area contributed by atoms with Crippen LogP contribution in [-0.4, -0.2) is 32.9 Å². The number of ether oxygens (including phenoxy) is 2. The molecule has 9 heteroatoms. The highest BCUT2D eigenvalue weighted by molar-refractivity contribution is 7.89. The second kappa shape index (κ2) is 10.6. The van der Waals surface area contributed by atoms with Crippen LogP contribution in [0.3, 0.4) is 0 Å². The Balaban J connectivity index is 1.54. The predicted molar refractivity (Wildman–Crippen MR) is 119 cm³/mol. The summed E-state index contributed by atoms with van der Waals surface area (Å²) in [6.07, 6.45) is 0. The predicted octanol–water partition coefficient (Wildman–Crippen LogP) is 3.33. The number of para-hydroxylation sites is 3. The Labute approximate surface area is 186 Å². The van der Waals surface area contributed by atoms with Crippen LogP contribution in [0.5, 0.6) is 11.5 Å². The number of anilines is 1. The Morgan fingerprint density at radius 1 is 0.875 bits per heavy atom. The van der Waals surface area contributed by atoms with Gasteiger partial charge in [0.15, 0.2) is 12.4 Å². The van der Waals surface area contributed by atoms with Crippen molar-refractivity contribution in [2.24, 2.45) is 0 Å². The monoisotopic (exact) mass is 454 g/mol. The summed E-state index contributed by atoms with van der Waals surface area (Å²) in [5, 5.41) is 2.62. The lowest BCUT2D eigenvalue weighted by Crippen LogP contribution is -2.40. The molecule has 0 saturated carbocycles. The molecule has 0 bridgehead atoms. The molecule has 3 aromatic carbocycles. The molecule has 0 spiro atoms. The largest absolute Gasteiger partial charge is 0.455 e. The van der Waals surface area contributed by atoms with Crippen molar-refractivity contribution in [3.63, 3.8) is 0 Å². The summed E-state index contributed by atoms with van der Waals surface area (Å²) in [6.45, 7) is 0.750. The van der Waals surface area contributed by atoms with E-state index in [1.54, 1.807) is 54.6 Å². The minimum atomic E-state index is -3.89. The van der Waals surface area contributed by atoms with Crippen molar-refractivity contribution in [2.45, 2.75) is 17.9 Å². The molecule has 0 heterocycles. The second-order valence-electron chi connectivity index (χ2n) is 6.72. The number of benzene rings is 3. The Kier molecular flexibility index (Phi) is 7.58. The van der Waals surface area contributed by atoms with E-state index in [0.717, 1.165) is 0 Å². The lowest BCUT2D eigenvalue weighted by atomic mass is 10.3. The zero-order valence-corrected chi connectivity index (χ0v) is 18.0. The summed E-state index contributed by atoms with van der Waals surface area (Å²) in [4.78, 5) is 24.5. The molecule has 0 fully saturated rings. The Hall–Kier alpha value is -3.69. The number of hydrogen-bond acceptors (Lipinski definition) is 6. The topological polar surface area (TPSA) is 111 Å². The quantitative estimate of drug-likeness (QED) is 0.480. The number of esters is 1. The fourth-order valence-electron chi connectivity index (χ4n) is 2.67. The van der Waals surface area contributed by atoms with Crippen molar-refractivity contribution in [1.29, 1.82) is 0 Å². The molecule has 3 rings (SSSR count). The average Bonchev–Trinajstić information content (AvgIpc) is 2.80.